The smallest absolute Gasteiger partial charge is 0.274 e. The lowest BCUT2D eigenvalue weighted by molar-refractivity contribution is -0.0119. The topological polar surface area (TPSA) is 299 Å². The van der Waals surface area contributed by atoms with Crippen LogP contribution in [0.3, 0.4) is 0 Å². The van der Waals surface area contributed by atoms with Crippen LogP contribution in [-0.2, 0) is 0 Å². The molecule has 6 heterocycles. The Hall–Kier alpha value is -12.0. The van der Waals surface area contributed by atoms with Gasteiger partial charge in [-0.3, -0.25) is 43.7 Å². The number of benzene rings is 6. The molecule has 0 radical (unpaired) electrons. The molecule has 12 aliphatic carbocycles. The van der Waals surface area contributed by atoms with E-state index in [9.17, 15) is 28.8 Å². The summed E-state index contributed by atoms with van der Waals surface area (Å²) >= 11 is 0. The number of carbonyl (C=O) groups excluding carboxylic acids is 6. The van der Waals surface area contributed by atoms with Gasteiger partial charge in [0.05, 0.1) is 38.7 Å². The minimum absolute atomic E-state index is 0.0172. The summed E-state index contributed by atoms with van der Waals surface area (Å²) in [6.07, 6.45) is 27.6. The molecule has 24 rings (SSSR count). The number of pyridine rings is 3. The van der Waals surface area contributed by atoms with Gasteiger partial charge in [-0.2, -0.15) is 0 Å². The van der Waals surface area contributed by atoms with Gasteiger partial charge in [-0.1, -0.05) is 6.07 Å². The SMILES string of the molecule is O=C(NC1C2CC3CC(C2)CC1C3)c1ccc2nc(-c3ccc(NC(=O)c4ccccn4)cc3)[nH]c2c1.O=C(Nc1ccc(-c2nc3ccc(C(=O)NC4C5CC6CC(C5)CC4C6)cc3[nH]2)cc1)c1cccnc1.O=C(Nc1ccc(-c2nc3ccc(C(=O)NC4C5CC6CC(C5)CC4C6)cc3[nH]2)cc1)c1ccncc1. The Morgan fingerprint density at radius 2 is 0.649 bits per heavy atom. The lowest BCUT2D eigenvalue weighted by atomic mass is 9.54. The third kappa shape index (κ3) is 14.6. The van der Waals surface area contributed by atoms with Crippen molar-refractivity contribution in [1.29, 1.82) is 0 Å². The number of amides is 6. The quantitative estimate of drug-likeness (QED) is 0.0463. The second kappa shape index (κ2) is 29.4. The van der Waals surface area contributed by atoms with Crippen molar-refractivity contribution >= 4 is 85.6 Å². The summed E-state index contributed by atoms with van der Waals surface area (Å²) in [7, 11) is 0. The van der Waals surface area contributed by atoms with Crippen molar-refractivity contribution < 1.29 is 28.8 Å². The Bertz CT molecular complexity index is 4890. The van der Waals surface area contributed by atoms with Gasteiger partial charge in [-0.05, 0) is 331 Å². The molecule has 0 atom stereocenters. The first-order valence-electron chi connectivity index (χ1n) is 39.6. The van der Waals surface area contributed by atoms with Crippen LogP contribution in [0.5, 0.6) is 0 Å². The standard InChI is InChI=1S/3C30H29N5O2/c36-29(20-7-9-31-10-8-20)32-24-4-1-19(2-5-24)28-33-25-6-3-21(16-26(25)34-28)30(37)35-27-22-12-17-11-18(14-22)15-23(27)13-17;36-29(35-27-22-11-17-10-18(13-22)14-23(27)12-17)20-5-8-25-26(15-20)34-28(33-25)19-3-6-24(7-4-19)32-30(37)21-2-1-9-31-16-21;36-29(35-27-21-12-17-11-18(14-21)15-22(27)13-17)20-6-9-24-26(16-20)34-28(33-24)19-4-7-23(8-5-19)32-30(37)25-3-1-2-10-31-25/h1-10,16-18,22-23,27H,11-15H2,(H,32,36)(H,33,34)(H,35,37);1-9,15-18,22-23,27H,10-14H2,(H,32,37)(H,33,34)(H,35,36);1-10,16-18,21-22,27H,11-15H2,(H,32,37)(H,33,34)(H,35,36). The van der Waals surface area contributed by atoms with Crippen molar-refractivity contribution in [3.63, 3.8) is 0 Å². The number of anilines is 3. The summed E-state index contributed by atoms with van der Waals surface area (Å²) < 4.78 is 0. The minimum Gasteiger partial charge on any atom is -0.349 e. The van der Waals surface area contributed by atoms with E-state index in [4.69, 9.17) is 15.0 Å². The number of H-pyrrole nitrogens is 3. The molecule has 111 heavy (non-hydrogen) atoms. The third-order valence-electron chi connectivity index (χ3n) is 25.8. The number of nitrogens with one attached hydrogen (secondary N) is 9. The zero-order valence-electron chi connectivity index (χ0n) is 61.5. The molecule has 6 aromatic heterocycles. The van der Waals surface area contributed by atoms with E-state index in [1.54, 1.807) is 67.3 Å². The van der Waals surface area contributed by atoms with E-state index in [1.807, 2.05) is 127 Å². The lowest BCUT2D eigenvalue weighted by Crippen LogP contribution is -2.55. The second-order valence-corrected chi connectivity index (χ2v) is 33.0. The van der Waals surface area contributed by atoms with Crippen molar-refractivity contribution in [3.8, 4) is 34.2 Å². The Morgan fingerprint density at radius 3 is 0.982 bits per heavy atom. The molecular formula is C90H87N15O6. The number of hydrogen-bond donors (Lipinski definition) is 9. The largest absolute Gasteiger partial charge is 0.349 e. The Morgan fingerprint density at radius 1 is 0.297 bits per heavy atom. The van der Waals surface area contributed by atoms with E-state index in [2.05, 4.69) is 61.8 Å². The van der Waals surface area contributed by atoms with Gasteiger partial charge in [0, 0.05) is 105 Å². The van der Waals surface area contributed by atoms with Crippen LogP contribution in [0.25, 0.3) is 67.3 Å². The molecule has 0 saturated heterocycles. The fourth-order valence-corrected chi connectivity index (χ4v) is 21.3. The number of carbonyl (C=O) groups is 6. The molecule has 0 aliphatic heterocycles. The van der Waals surface area contributed by atoms with Crippen molar-refractivity contribution in [1.82, 2.24) is 60.8 Å². The summed E-state index contributed by atoms with van der Waals surface area (Å²) in [5, 5.41) is 18.8. The highest BCUT2D eigenvalue weighted by molar-refractivity contribution is 6.06. The molecule has 12 fully saturated rings. The van der Waals surface area contributed by atoms with E-state index >= 15 is 0 Å². The Labute approximate surface area is 641 Å². The predicted molar refractivity (Wildman–Crippen MR) is 426 cm³/mol. The molecule has 558 valence electrons. The first-order chi connectivity index (χ1) is 54.3. The zero-order chi connectivity index (χ0) is 74.8. The van der Waals surface area contributed by atoms with Crippen LogP contribution in [0.4, 0.5) is 17.1 Å². The van der Waals surface area contributed by atoms with Gasteiger partial charge in [-0.15, -0.1) is 0 Å². The average Bonchev–Trinajstić information content (AvgIpc) is 1.25. The number of nitrogens with zero attached hydrogens (tertiary/aromatic N) is 6. The molecule has 6 aromatic carbocycles. The molecule has 0 spiro atoms. The first-order valence-corrected chi connectivity index (χ1v) is 39.6. The van der Waals surface area contributed by atoms with Crippen LogP contribution in [0, 0.1) is 71.0 Å². The summed E-state index contributed by atoms with van der Waals surface area (Å²) in [4.78, 5) is 113. The van der Waals surface area contributed by atoms with E-state index in [1.165, 1.54) is 103 Å². The van der Waals surface area contributed by atoms with Gasteiger partial charge >= 0.3 is 0 Å². The molecule has 21 heteroatoms. The number of aromatic amines is 3. The van der Waals surface area contributed by atoms with Gasteiger partial charge < -0.3 is 46.9 Å². The van der Waals surface area contributed by atoms with Crippen molar-refractivity contribution in [2.24, 2.45) is 71.0 Å². The predicted octanol–water partition coefficient (Wildman–Crippen LogP) is 16.3. The number of imidazole rings is 3. The van der Waals surface area contributed by atoms with E-state index in [0.29, 0.717) is 104 Å². The van der Waals surface area contributed by atoms with Crippen molar-refractivity contribution in [2.45, 2.75) is 114 Å². The summed E-state index contributed by atoms with van der Waals surface area (Å²) in [5.41, 5.74) is 13.2. The normalized spacial score (nSPS) is 25.8. The maximum absolute atomic E-state index is 13.2. The van der Waals surface area contributed by atoms with Crippen LogP contribution in [0.15, 0.2) is 201 Å². The highest BCUT2D eigenvalue weighted by Gasteiger charge is 2.51. The molecule has 21 nitrogen and oxygen atoms in total. The van der Waals surface area contributed by atoms with Crippen LogP contribution in [0.2, 0.25) is 0 Å². The fraction of sp³-hybridized carbons (Fsp3) is 0.333. The maximum Gasteiger partial charge on any atom is 0.274 e. The number of rotatable bonds is 15. The fourth-order valence-electron chi connectivity index (χ4n) is 21.3. The molecule has 12 aliphatic rings. The van der Waals surface area contributed by atoms with Gasteiger partial charge in [0.2, 0.25) is 0 Å². The highest BCUT2D eigenvalue weighted by Crippen LogP contribution is 2.56. The van der Waals surface area contributed by atoms with Gasteiger partial charge in [0.15, 0.2) is 0 Å². The van der Waals surface area contributed by atoms with E-state index < -0.39 is 0 Å². The van der Waals surface area contributed by atoms with Crippen LogP contribution in [0.1, 0.15) is 159 Å². The molecule has 12 saturated carbocycles. The Balaban J connectivity index is 0.000000112. The van der Waals surface area contributed by atoms with Gasteiger partial charge in [0.25, 0.3) is 35.4 Å². The summed E-state index contributed by atoms with van der Waals surface area (Å²) in [5.74, 6) is 10.8. The minimum atomic E-state index is -0.253. The molecular weight excluding hydrogens is 1390 g/mol. The Kier molecular flexibility index (Phi) is 18.4. The van der Waals surface area contributed by atoms with Crippen LogP contribution < -0.4 is 31.9 Å². The number of fused-ring (bicyclic) bond motifs is 3. The van der Waals surface area contributed by atoms with Crippen molar-refractivity contribution in [2.75, 3.05) is 16.0 Å². The zero-order valence-corrected chi connectivity index (χ0v) is 61.5. The number of aromatic nitrogens is 9. The summed E-state index contributed by atoms with van der Waals surface area (Å²) in [6, 6.07) is 52.6. The van der Waals surface area contributed by atoms with E-state index in [-0.39, 0.29) is 35.4 Å². The van der Waals surface area contributed by atoms with Gasteiger partial charge in [-0.25, -0.2) is 15.0 Å². The monoisotopic (exact) mass is 1470 g/mol. The van der Waals surface area contributed by atoms with Crippen LogP contribution >= 0.6 is 0 Å². The molecule has 6 amide bonds. The van der Waals surface area contributed by atoms with Crippen LogP contribution in [-0.4, -0.2) is 98.4 Å². The molecule has 9 N–H and O–H groups in total. The summed E-state index contributed by atoms with van der Waals surface area (Å²) in [6.45, 7) is 0. The number of hydrogen-bond acceptors (Lipinski definition) is 12. The average molecular weight is 1470 g/mol. The third-order valence-corrected chi connectivity index (χ3v) is 25.8. The lowest BCUT2D eigenvalue weighted by Gasteiger charge is -2.54. The molecule has 12 bridgehead atoms. The van der Waals surface area contributed by atoms with Crippen molar-refractivity contribution in [3.05, 3.63) is 234 Å². The molecule has 0 unspecified atom stereocenters. The highest BCUT2D eigenvalue weighted by atomic mass is 16.2. The first kappa shape index (κ1) is 69.5. The van der Waals surface area contributed by atoms with Gasteiger partial charge in [0.1, 0.15) is 23.2 Å². The maximum atomic E-state index is 13.2. The van der Waals surface area contributed by atoms with E-state index in [0.717, 1.165) is 103 Å². The molecule has 12 aromatic rings. The second-order valence-electron chi connectivity index (χ2n) is 33.0.